The lowest BCUT2D eigenvalue weighted by atomic mass is 10.0. The first-order valence-electron chi connectivity index (χ1n) is 11.0. The predicted molar refractivity (Wildman–Crippen MR) is 131 cm³/mol. The number of carbonyl (C=O) groups excluding carboxylic acids is 1. The summed E-state index contributed by atoms with van der Waals surface area (Å²) < 4.78 is 6.47. The number of ether oxygens (including phenoxy) is 1. The number of urea groups is 1. The van der Waals surface area contributed by atoms with Gasteiger partial charge in [-0.15, -0.1) is 0 Å². The lowest BCUT2D eigenvalue weighted by Gasteiger charge is -2.25. The molecular weight excluding hydrogens is 452 g/mol. The molecule has 1 atom stereocenters. The molecule has 10 nitrogen and oxygen atoms in total. The number of anilines is 1. The van der Waals surface area contributed by atoms with Gasteiger partial charge in [-0.1, -0.05) is 30.3 Å². The summed E-state index contributed by atoms with van der Waals surface area (Å²) in [4.78, 5) is 38.8. The molecule has 0 fully saturated rings. The number of aliphatic carboxylic acids is 1. The number of hydrogen-bond donors (Lipinski definition) is 3. The van der Waals surface area contributed by atoms with Crippen molar-refractivity contribution in [2.75, 3.05) is 18.6 Å². The molecule has 0 bridgehead atoms. The number of hydrogen-bond acceptors (Lipinski definition) is 6. The summed E-state index contributed by atoms with van der Waals surface area (Å²) in [5.74, 6) is -0.846. The first-order chi connectivity index (χ1) is 16.7. The van der Waals surface area contributed by atoms with Crippen LogP contribution in [0.2, 0.25) is 0 Å². The van der Waals surface area contributed by atoms with Gasteiger partial charge in [0.2, 0.25) is 0 Å². The Bertz CT molecular complexity index is 1290. The van der Waals surface area contributed by atoms with Gasteiger partial charge in [-0.3, -0.25) is 9.69 Å². The number of aromatic nitrogens is 2. The van der Waals surface area contributed by atoms with Crippen molar-refractivity contribution in [3.8, 4) is 22.6 Å². The van der Waals surface area contributed by atoms with E-state index in [-0.39, 0.29) is 24.3 Å². The molecule has 3 rings (SSSR count). The number of nitrogens with zero attached hydrogens (tertiary/aromatic N) is 3. The van der Waals surface area contributed by atoms with E-state index in [0.717, 1.165) is 5.56 Å². The molecule has 3 aromatic rings. The van der Waals surface area contributed by atoms with Gasteiger partial charge in [-0.05, 0) is 36.6 Å². The van der Waals surface area contributed by atoms with Gasteiger partial charge in [0.25, 0.3) is 5.56 Å². The smallest absolute Gasteiger partial charge is 0.326 e. The van der Waals surface area contributed by atoms with Crippen LogP contribution in [0.5, 0.6) is 11.5 Å². The van der Waals surface area contributed by atoms with Crippen molar-refractivity contribution in [2.45, 2.75) is 26.3 Å². The van der Waals surface area contributed by atoms with Crippen molar-refractivity contribution in [2.24, 2.45) is 7.05 Å². The zero-order valence-corrected chi connectivity index (χ0v) is 20.0. The van der Waals surface area contributed by atoms with Crippen LogP contribution in [0.25, 0.3) is 11.1 Å². The Balaban J connectivity index is 1.81. The first-order valence-corrected chi connectivity index (χ1v) is 11.0. The highest BCUT2D eigenvalue weighted by Gasteiger charge is 2.25. The summed E-state index contributed by atoms with van der Waals surface area (Å²) in [6, 6.07) is 9.69. The third-order valence-electron chi connectivity index (χ3n) is 5.65. The number of aromatic hydroxyl groups is 1. The van der Waals surface area contributed by atoms with E-state index < -0.39 is 18.0 Å². The van der Waals surface area contributed by atoms with E-state index in [9.17, 15) is 24.6 Å². The topological polar surface area (TPSA) is 134 Å². The number of carbonyl (C=O) groups is 2. The monoisotopic (exact) mass is 480 g/mol. The third kappa shape index (κ3) is 5.60. The average molecular weight is 481 g/mol. The Morgan fingerprint density at radius 1 is 1.20 bits per heavy atom. The summed E-state index contributed by atoms with van der Waals surface area (Å²) in [6.45, 7) is 3.83. The van der Waals surface area contributed by atoms with E-state index in [1.807, 2.05) is 0 Å². The highest BCUT2D eigenvalue weighted by Crippen LogP contribution is 2.27. The molecule has 3 N–H and O–H groups in total. The number of amides is 2. The molecule has 0 radical (unpaired) electrons. The van der Waals surface area contributed by atoms with Crippen molar-refractivity contribution < 1.29 is 24.5 Å². The van der Waals surface area contributed by atoms with Crippen LogP contribution in [0.15, 0.2) is 53.5 Å². The van der Waals surface area contributed by atoms with Crippen LogP contribution in [0, 0.1) is 6.92 Å². The van der Waals surface area contributed by atoms with Crippen molar-refractivity contribution >= 4 is 17.7 Å². The molecule has 0 saturated carbocycles. The fourth-order valence-electron chi connectivity index (χ4n) is 3.73. The first kappa shape index (κ1) is 25.3. The minimum atomic E-state index is -1.19. The second kappa shape index (κ2) is 10.7. The summed E-state index contributed by atoms with van der Waals surface area (Å²) in [6.07, 6.45) is 1.48. The highest BCUT2D eigenvalue weighted by molar-refractivity contribution is 5.95. The van der Waals surface area contributed by atoms with E-state index in [0.29, 0.717) is 28.1 Å². The molecule has 0 unspecified atom stereocenters. The van der Waals surface area contributed by atoms with Crippen molar-refractivity contribution in [1.29, 1.82) is 0 Å². The number of methoxy groups -OCH3 is 1. The maximum absolute atomic E-state index is 12.9. The largest absolute Gasteiger partial charge is 0.508 e. The molecule has 2 aromatic carbocycles. The third-order valence-corrected chi connectivity index (χ3v) is 5.65. The second-order valence-corrected chi connectivity index (χ2v) is 7.97. The quantitative estimate of drug-likeness (QED) is 0.451. The van der Waals surface area contributed by atoms with E-state index in [4.69, 9.17) is 4.74 Å². The van der Waals surface area contributed by atoms with E-state index in [2.05, 4.69) is 10.4 Å². The number of phenolic OH excluding ortho intramolecular Hbond substituents is 1. The van der Waals surface area contributed by atoms with Crippen molar-refractivity contribution in [3.05, 3.63) is 70.1 Å². The van der Waals surface area contributed by atoms with E-state index in [1.165, 1.54) is 42.1 Å². The lowest BCUT2D eigenvalue weighted by Crippen LogP contribution is -2.49. The molecule has 10 heteroatoms. The van der Waals surface area contributed by atoms with Crippen LogP contribution < -0.4 is 20.5 Å². The number of phenols is 1. The van der Waals surface area contributed by atoms with Crippen molar-refractivity contribution in [1.82, 2.24) is 15.1 Å². The Kier molecular flexibility index (Phi) is 7.75. The molecule has 0 aliphatic heterocycles. The molecule has 0 saturated heterocycles. The maximum Gasteiger partial charge on any atom is 0.326 e. The zero-order valence-electron chi connectivity index (χ0n) is 20.0. The van der Waals surface area contributed by atoms with Gasteiger partial charge in [-0.25, -0.2) is 14.3 Å². The second-order valence-electron chi connectivity index (χ2n) is 7.97. The fourth-order valence-corrected chi connectivity index (χ4v) is 3.73. The van der Waals surface area contributed by atoms with Crippen molar-refractivity contribution in [3.63, 3.8) is 0 Å². The van der Waals surface area contributed by atoms with Gasteiger partial charge in [0, 0.05) is 26.1 Å². The van der Waals surface area contributed by atoms with E-state index in [1.54, 1.807) is 44.2 Å². The molecule has 1 aromatic heterocycles. The van der Waals surface area contributed by atoms with Gasteiger partial charge in [0.1, 0.15) is 11.8 Å². The number of aryl methyl sites for hydroxylation is 2. The normalized spacial score (nSPS) is 11.5. The van der Waals surface area contributed by atoms with Crippen LogP contribution in [-0.4, -0.2) is 51.7 Å². The van der Waals surface area contributed by atoms with Crippen LogP contribution in [0.1, 0.15) is 18.1 Å². The zero-order chi connectivity index (χ0) is 25.7. The van der Waals surface area contributed by atoms with Gasteiger partial charge >= 0.3 is 12.0 Å². The van der Waals surface area contributed by atoms with Crippen LogP contribution >= 0.6 is 0 Å². The van der Waals surface area contributed by atoms with Crippen LogP contribution in [0.3, 0.4) is 0 Å². The summed E-state index contributed by atoms with van der Waals surface area (Å²) >= 11 is 0. The van der Waals surface area contributed by atoms with Crippen LogP contribution in [-0.2, 0) is 18.3 Å². The lowest BCUT2D eigenvalue weighted by molar-refractivity contribution is -0.139. The molecule has 1 heterocycles. The molecule has 0 spiro atoms. The molecular formula is C25H28N4O6. The number of carboxylic acids is 1. The average Bonchev–Trinajstić information content (AvgIpc) is 2.83. The maximum atomic E-state index is 12.9. The Labute approximate surface area is 202 Å². The standard InChI is InChI=1S/C25H28N4O6/c1-5-29(20-13-18(30)11-6-15(20)2)25(34)27-19(24(32)33)12-16-7-9-17(10-8-16)22-21(35-4)14-26-28(3)23(22)31/h6-11,13-14,19,30H,5,12H2,1-4H3,(H,27,34)(H,32,33)/t19-/m0/s1. The summed E-state index contributed by atoms with van der Waals surface area (Å²) in [5, 5.41) is 26.1. The number of rotatable bonds is 8. The SMILES string of the molecule is CCN(C(=O)N[C@@H](Cc1ccc(-c2c(OC)cnn(C)c2=O)cc1)C(=O)O)c1cc(O)ccc1C. The minimum Gasteiger partial charge on any atom is -0.508 e. The van der Waals surface area contributed by atoms with Gasteiger partial charge < -0.3 is 20.3 Å². The Morgan fingerprint density at radius 3 is 2.49 bits per heavy atom. The molecule has 0 aliphatic carbocycles. The minimum absolute atomic E-state index is 0.00684. The number of benzene rings is 2. The van der Waals surface area contributed by atoms with E-state index >= 15 is 0 Å². The fraction of sp³-hybridized carbons (Fsp3) is 0.280. The van der Waals surface area contributed by atoms with Gasteiger partial charge in [0.05, 0.1) is 24.6 Å². The van der Waals surface area contributed by atoms with Gasteiger partial charge in [-0.2, -0.15) is 5.10 Å². The molecule has 35 heavy (non-hydrogen) atoms. The molecule has 2 amide bonds. The Hall–Kier alpha value is -4.34. The molecule has 0 aliphatic rings. The van der Waals surface area contributed by atoms with Crippen LogP contribution in [0.4, 0.5) is 10.5 Å². The number of carboxylic acid groups (broad SMARTS) is 1. The summed E-state index contributed by atoms with van der Waals surface area (Å²) in [7, 11) is 2.99. The molecule has 184 valence electrons. The Morgan fingerprint density at radius 2 is 1.89 bits per heavy atom. The summed E-state index contributed by atoms with van der Waals surface area (Å²) in [5.41, 5.74) is 2.53. The van der Waals surface area contributed by atoms with Gasteiger partial charge in [0.15, 0.2) is 5.75 Å². The predicted octanol–water partition coefficient (Wildman–Crippen LogP) is 2.70. The highest BCUT2D eigenvalue weighted by atomic mass is 16.5. The number of nitrogens with one attached hydrogen (secondary N) is 1.